The van der Waals surface area contributed by atoms with Gasteiger partial charge in [0.1, 0.15) is 78.8 Å². The number of nitrogens with zero attached hydrogens (tertiary/aromatic N) is 6. The topological polar surface area (TPSA) is 646 Å². The molecule has 5 heterocycles. The van der Waals surface area contributed by atoms with Crippen molar-refractivity contribution < 1.29 is 121 Å². The third-order valence-corrected chi connectivity index (χ3v) is 25.0. The van der Waals surface area contributed by atoms with Crippen molar-refractivity contribution in [2.45, 2.75) is 228 Å². The molecular weight excluding hydrogens is 1750 g/mol. The molecule has 20 N–H and O–H groups in total. The van der Waals surface area contributed by atoms with Gasteiger partial charge in [0.05, 0.1) is 63.2 Å². The lowest BCUT2D eigenvalue weighted by atomic mass is 9.93. The number of carboxylic acid groups (broad SMARTS) is 1. The Morgan fingerprint density at radius 1 is 0.534 bits per heavy atom. The van der Waals surface area contributed by atoms with Gasteiger partial charge in [-0.25, -0.2) is 0 Å². The number of aromatic nitrogens is 2. The minimum Gasteiger partial charge on any atom is -0.497 e. The number of amides is 16. The van der Waals surface area contributed by atoms with Gasteiger partial charge in [0.15, 0.2) is 11.6 Å². The second-order valence-electron chi connectivity index (χ2n) is 33.5. The van der Waals surface area contributed by atoms with E-state index in [0.717, 1.165) is 36.3 Å². The lowest BCUT2D eigenvalue weighted by molar-refractivity contribution is -0.149. The number of Topliss-reactive ketones (excluding diaryl/α,β-unsaturated/α-hetero) is 2. The quantitative estimate of drug-likeness (QED) is 0.0240. The molecule has 0 aliphatic carbocycles. The van der Waals surface area contributed by atoms with Crippen molar-refractivity contribution in [2.24, 2.45) is 23.1 Å². The first kappa shape index (κ1) is 105. The zero-order valence-electron chi connectivity index (χ0n) is 75.4. The predicted molar refractivity (Wildman–Crippen MR) is 480 cm³/mol. The normalized spacial score (nSPS) is 25.0. The maximum Gasteiger partial charge on any atom is 0.323 e. The second-order valence-corrected chi connectivity index (χ2v) is 34.6. The fourth-order valence-corrected chi connectivity index (χ4v) is 17.3. The molecule has 3 aliphatic rings. The molecule has 15 atom stereocenters. The van der Waals surface area contributed by atoms with Crippen LogP contribution in [0.2, 0.25) is 0 Å². The number of ketones is 2. The number of aliphatic hydroxyl groups excluding tert-OH is 4. The van der Waals surface area contributed by atoms with Crippen molar-refractivity contribution in [1.82, 2.24) is 76.6 Å². The maximum absolute atomic E-state index is 15.8. The summed E-state index contributed by atoms with van der Waals surface area (Å²) in [5, 5.41) is 75.6. The number of nitrogens with one attached hydrogen (secondary N) is 9. The number of hydrogen-bond acceptors (Lipinski definition) is 25. The number of aliphatic hydroxyl groups is 4. The number of aliphatic carboxylic acids is 1. The monoisotopic (exact) mass is 1870 g/mol. The van der Waals surface area contributed by atoms with Crippen LogP contribution in [0.3, 0.4) is 0 Å². The predicted octanol–water partition coefficient (Wildman–Crippen LogP) is -3.77. The van der Waals surface area contributed by atoms with Crippen molar-refractivity contribution in [3.8, 4) is 5.75 Å². The molecule has 0 radical (unpaired) electrons. The third kappa shape index (κ3) is 28.8. The minimum atomic E-state index is -1.95. The second kappa shape index (κ2) is 50.1. The Balaban J connectivity index is 1.19. The smallest absolute Gasteiger partial charge is 0.323 e. The Labute approximate surface area is 770 Å². The summed E-state index contributed by atoms with van der Waals surface area (Å²) >= 11 is 0.754. The first-order valence-corrected chi connectivity index (χ1v) is 45.2. The number of benzene rings is 3. The number of methoxy groups -OCH3 is 1. The number of carboxylic acids is 1. The number of primary amides is 3. The number of unbranched alkanes of at least 4 members (excludes halogenated alkanes) is 2. The molecule has 133 heavy (non-hydrogen) atoms. The van der Waals surface area contributed by atoms with Crippen molar-refractivity contribution in [1.29, 1.82) is 0 Å². The molecule has 44 heteroatoms. The van der Waals surface area contributed by atoms with Gasteiger partial charge < -0.3 is 124 Å². The molecule has 16 amide bonds. The van der Waals surface area contributed by atoms with E-state index in [-0.39, 0.29) is 57.9 Å². The van der Waals surface area contributed by atoms with Crippen LogP contribution in [0.5, 0.6) is 5.75 Å². The summed E-state index contributed by atoms with van der Waals surface area (Å²) in [5.74, 6) is -21.7. The molecule has 8 rings (SSSR count). The highest BCUT2D eigenvalue weighted by Crippen LogP contribution is 2.29. The average Bonchev–Trinajstić information content (AvgIpc) is 1.69. The van der Waals surface area contributed by atoms with Gasteiger partial charge >= 0.3 is 5.97 Å². The van der Waals surface area contributed by atoms with Gasteiger partial charge in [0.25, 0.3) is 0 Å². The number of carbonyl (C=O) groups is 19. The van der Waals surface area contributed by atoms with Gasteiger partial charge in [-0.15, -0.1) is 11.8 Å². The van der Waals surface area contributed by atoms with Crippen LogP contribution in [0.15, 0.2) is 85.2 Å². The number of likely N-dealkylation sites (N-methyl/N-ethyl adjacent to an activating group) is 3. The molecule has 0 saturated carbocycles. The van der Waals surface area contributed by atoms with Crippen molar-refractivity contribution >= 4 is 146 Å². The number of para-hydroxylation sites is 2. The van der Waals surface area contributed by atoms with Gasteiger partial charge in [0, 0.05) is 126 Å². The van der Waals surface area contributed by atoms with Gasteiger partial charge in [-0.2, -0.15) is 0 Å². The molecule has 0 unspecified atom stereocenters. The number of thioether (sulfide) groups is 1. The van der Waals surface area contributed by atoms with E-state index in [1.165, 1.54) is 45.9 Å². The van der Waals surface area contributed by atoms with E-state index in [1.54, 1.807) is 92.8 Å². The van der Waals surface area contributed by atoms with Crippen LogP contribution in [0.1, 0.15) is 134 Å². The average molecular weight is 1880 g/mol. The Morgan fingerprint density at radius 2 is 1.10 bits per heavy atom. The molecule has 5 aromatic rings. The number of ether oxygens (including phenoxy) is 1. The van der Waals surface area contributed by atoms with Gasteiger partial charge in [-0.3, -0.25) is 91.1 Å². The summed E-state index contributed by atoms with van der Waals surface area (Å²) in [5.41, 5.74) is 18.8. The first-order chi connectivity index (χ1) is 63.3. The van der Waals surface area contributed by atoms with E-state index in [2.05, 4.69) is 47.5 Å². The van der Waals surface area contributed by atoms with Crippen LogP contribution < -0.4 is 64.5 Å². The van der Waals surface area contributed by atoms with Crippen molar-refractivity contribution in [3.05, 3.63) is 102 Å². The van der Waals surface area contributed by atoms with E-state index < -0.39 is 298 Å². The van der Waals surface area contributed by atoms with E-state index >= 15 is 28.8 Å². The van der Waals surface area contributed by atoms with Crippen LogP contribution in [0.4, 0.5) is 0 Å². The van der Waals surface area contributed by atoms with Crippen LogP contribution in [-0.4, -0.2) is 329 Å². The Morgan fingerprint density at radius 3 is 1.73 bits per heavy atom. The van der Waals surface area contributed by atoms with E-state index in [9.17, 15) is 87.9 Å². The highest BCUT2D eigenvalue weighted by molar-refractivity contribution is 8.00. The SMILES string of the molecule is CCCC[C@H]1C(=O)N(C)[C@@H](CCCC)C(=O)N[C@@H](CO)C(=O)N[C@H](C(=O)CCC(N)=O)CSCC(=O)N[C@@H](Cc2ccc(OC)cc2)C(=O)N(C)[C@@H](C)C(=O)N[C@@H](CC(N)=O)C(=O)N2CCC[C@H]2C(=O)N[C@@H](CO)C(=O)N[C@@H](CCC(N)=O)C(=O)N2C[C@H](O)C[C@H]2C(=O)N[C@@H](Cc2c[nH]c3ccccc23)C(=O)C[C@@H](CO)C(=O)N[C@@H](Cc2cn(CC(=O)O)c3ccccc23)C(=O)N1C. The van der Waals surface area contributed by atoms with E-state index in [0.29, 0.717) is 57.1 Å². The molecule has 3 saturated heterocycles. The fraction of sp³-hybridized carbons (Fsp3) is 0.539. The molecular formula is C89H122N18O25S. The lowest BCUT2D eigenvalue weighted by Gasteiger charge is -2.36. The Kier molecular flexibility index (Phi) is 39.7. The van der Waals surface area contributed by atoms with Crippen LogP contribution in [-0.2, 0) is 117 Å². The third-order valence-electron chi connectivity index (χ3n) is 24.0. The molecule has 0 bridgehead atoms. The number of carbonyl (C=O) groups excluding carboxylic acids is 18. The molecule has 2 aromatic heterocycles. The maximum atomic E-state index is 15.8. The molecule has 724 valence electrons. The number of nitrogens with two attached hydrogens (primary N) is 3. The summed E-state index contributed by atoms with van der Waals surface area (Å²) < 4.78 is 6.70. The first-order valence-electron chi connectivity index (χ1n) is 44.0. The van der Waals surface area contributed by atoms with Crippen LogP contribution >= 0.6 is 11.8 Å². The Hall–Kier alpha value is -12.9. The number of H-pyrrole nitrogens is 1. The standard InChI is InChI=1S/C89H122N18O25S/c1-8-10-20-67-82(124)99-64(45-110)81(123)101-65(71(112)29-31-74(91)115)46-133-47-76(117)94-60(33-49-24-26-54(132-7)27-25-49)85(127)102(4)48(3)78(120)97-62(38-75(92)116)88(130)106-32-16-23-68(106)83(125)100-63(44-109)80(122)95-58(28-30-73(90)114)87(129)107-41-53(111)37-70(107)84(126)96-59(34-50-39-93-57-19-14-12-17-55(50)57)72(113)36-52(43-108)79(121)98-61(86(128)104(6)69(21-11-9-2)89(131)103(67)5)35-51-40-105(42-77(118)119)66-22-15-13-18-56(51)66/h12-15,17-19,22,24-27,39-40,48,52-53,58-65,67-70,93,108-111H,8-11,16,20-21,23,28-38,41-47H2,1-7H3,(H2,90,114)(H2,91,115)(H2,92,116)(H,94,117)(H,95,122)(H,96,126)(H,97,120)(H,98,121)(H,99,124)(H,100,125)(H,101,123)(H,118,119)/t48-,52-,53+,58-,59-,60-,61-,62-,63-,64-,65-,67-,68-,69-,70-/m0/s1. The largest absolute Gasteiger partial charge is 0.497 e. The summed E-state index contributed by atoms with van der Waals surface area (Å²) in [6, 6.07) is -1.89. The van der Waals surface area contributed by atoms with E-state index in [1.807, 2.05) is 0 Å². The molecule has 3 aliphatic heterocycles. The highest BCUT2D eigenvalue weighted by Gasteiger charge is 2.47. The summed E-state index contributed by atoms with van der Waals surface area (Å²) in [6.07, 6.45) is -2.74. The van der Waals surface area contributed by atoms with Crippen LogP contribution in [0, 0.1) is 5.92 Å². The number of fused-ring (bicyclic) bond motifs is 4. The zero-order chi connectivity index (χ0) is 97.8. The number of aromatic amines is 1. The zero-order valence-corrected chi connectivity index (χ0v) is 76.2. The van der Waals surface area contributed by atoms with Crippen LogP contribution in [0.25, 0.3) is 21.8 Å². The Bertz CT molecular complexity index is 5070. The fourth-order valence-electron chi connectivity index (χ4n) is 16.4. The molecule has 3 fully saturated rings. The van der Waals surface area contributed by atoms with Gasteiger partial charge in [-0.05, 0) is 80.0 Å². The lowest BCUT2D eigenvalue weighted by Crippen LogP contribution is -2.60. The number of rotatable bonds is 27. The van der Waals surface area contributed by atoms with Crippen molar-refractivity contribution in [3.63, 3.8) is 0 Å². The molecule has 43 nitrogen and oxygen atoms in total. The van der Waals surface area contributed by atoms with Crippen molar-refractivity contribution in [2.75, 3.05) is 72.7 Å². The van der Waals surface area contributed by atoms with Gasteiger partial charge in [-0.1, -0.05) is 88.1 Å². The van der Waals surface area contributed by atoms with E-state index in [4.69, 9.17) is 21.9 Å². The highest BCUT2D eigenvalue weighted by atomic mass is 32.2. The summed E-state index contributed by atoms with van der Waals surface area (Å²) in [4.78, 5) is 280. The number of hydrogen-bond donors (Lipinski definition) is 17. The molecule has 0 spiro atoms. The summed E-state index contributed by atoms with van der Waals surface area (Å²) in [7, 11) is 5.15. The summed E-state index contributed by atoms with van der Waals surface area (Å²) in [6.45, 7) is 0.0831. The minimum absolute atomic E-state index is 0.0813. The van der Waals surface area contributed by atoms with Gasteiger partial charge in [0.2, 0.25) is 94.5 Å². The molecule has 3 aromatic carbocycles.